The average Bonchev–Trinajstić information content (AvgIpc) is 2.96. The van der Waals surface area contributed by atoms with Crippen molar-refractivity contribution in [2.45, 2.75) is 6.92 Å². The van der Waals surface area contributed by atoms with Crippen LogP contribution in [0.4, 0.5) is 10.5 Å². The summed E-state index contributed by atoms with van der Waals surface area (Å²) < 4.78 is 1.90. The van der Waals surface area contributed by atoms with Gasteiger partial charge in [-0.25, -0.2) is 9.69 Å². The molecule has 134 valence electrons. The number of barbiturate groups is 1. The number of hydrogen-bond acceptors (Lipinski definition) is 3. The Hall–Kier alpha value is -3.67. The second kappa shape index (κ2) is 6.25. The molecule has 1 N–H and O–H groups in total. The summed E-state index contributed by atoms with van der Waals surface area (Å²) in [4.78, 5) is 38.7. The third-order valence-corrected chi connectivity index (χ3v) is 4.74. The number of carbonyl (C=O) groups is 3. The number of aromatic nitrogens is 1. The first-order valence-electron chi connectivity index (χ1n) is 8.49. The predicted octanol–water partition coefficient (Wildman–Crippen LogP) is 3.15. The number of nitrogens with zero attached hydrogens (tertiary/aromatic N) is 2. The minimum Gasteiger partial charge on any atom is -0.344 e. The molecule has 2 aromatic carbocycles. The first-order chi connectivity index (χ1) is 13.0. The van der Waals surface area contributed by atoms with Gasteiger partial charge in [0.2, 0.25) is 0 Å². The van der Waals surface area contributed by atoms with E-state index in [0.717, 1.165) is 21.4 Å². The van der Waals surface area contributed by atoms with Crippen molar-refractivity contribution in [1.82, 2.24) is 9.88 Å². The Kier molecular flexibility index (Phi) is 3.88. The van der Waals surface area contributed by atoms with Crippen LogP contribution in [0.3, 0.4) is 0 Å². The highest BCUT2D eigenvalue weighted by Crippen LogP contribution is 2.26. The minimum atomic E-state index is -0.742. The number of hydrogen-bond donors (Lipinski definition) is 1. The van der Waals surface area contributed by atoms with Gasteiger partial charge in [0.05, 0.1) is 5.69 Å². The number of anilines is 1. The van der Waals surface area contributed by atoms with Gasteiger partial charge in [-0.05, 0) is 36.8 Å². The summed E-state index contributed by atoms with van der Waals surface area (Å²) >= 11 is 0. The Morgan fingerprint density at radius 3 is 2.41 bits per heavy atom. The number of imide groups is 2. The number of nitrogens with one attached hydrogen (secondary N) is 1. The van der Waals surface area contributed by atoms with Gasteiger partial charge < -0.3 is 4.57 Å². The van der Waals surface area contributed by atoms with Crippen LogP contribution in [-0.2, 0) is 16.6 Å². The van der Waals surface area contributed by atoms with Crippen molar-refractivity contribution < 1.29 is 14.4 Å². The number of benzene rings is 2. The van der Waals surface area contributed by atoms with E-state index in [1.54, 1.807) is 25.1 Å². The number of carbonyl (C=O) groups excluding carboxylic acids is 3. The van der Waals surface area contributed by atoms with Crippen molar-refractivity contribution in [3.05, 3.63) is 71.4 Å². The van der Waals surface area contributed by atoms with Gasteiger partial charge in [-0.2, -0.15) is 0 Å². The van der Waals surface area contributed by atoms with Crippen molar-refractivity contribution in [1.29, 1.82) is 0 Å². The molecule has 0 atom stereocenters. The maximum Gasteiger partial charge on any atom is 0.335 e. The average molecular weight is 359 g/mol. The summed E-state index contributed by atoms with van der Waals surface area (Å²) in [6.07, 6.45) is 1.52. The number of rotatable bonds is 2. The van der Waals surface area contributed by atoms with Gasteiger partial charge in [0.25, 0.3) is 11.8 Å². The van der Waals surface area contributed by atoms with E-state index in [2.05, 4.69) is 5.32 Å². The van der Waals surface area contributed by atoms with Crippen LogP contribution < -0.4 is 10.2 Å². The van der Waals surface area contributed by atoms with Gasteiger partial charge in [0.15, 0.2) is 0 Å². The summed E-state index contributed by atoms with van der Waals surface area (Å²) in [5.74, 6) is -1.33. The molecule has 3 aromatic rings. The first kappa shape index (κ1) is 16.8. The molecule has 1 aliphatic rings. The summed E-state index contributed by atoms with van der Waals surface area (Å²) in [5.41, 5.74) is 2.83. The van der Waals surface area contributed by atoms with E-state index < -0.39 is 17.8 Å². The van der Waals surface area contributed by atoms with Gasteiger partial charge in [-0.3, -0.25) is 14.9 Å². The van der Waals surface area contributed by atoms with Crippen LogP contribution in [0.1, 0.15) is 11.3 Å². The second-order valence-electron chi connectivity index (χ2n) is 6.43. The summed E-state index contributed by atoms with van der Waals surface area (Å²) in [6, 6.07) is 16.0. The standard InChI is InChI=1S/C21H17N3O3/c1-13-7-3-5-9-17(13)24-20(26)16(19(25)22-21(24)27)12-15-11-14-8-4-6-10-18(14)23(15)2/h3-12H,1-2H3,(H,22,25,27). The quantitative estimate of drug-likeness (QED) is 0.564. The Morgan fingerprint density at radius 2 is 1.67 bits per heavy atom. The van der Waals surface area contributed by atoms with Crippen LogP contribution in [0.15, 0.2) is 60.2 Å². The summed E-state index contributed by atoms with van der Waals surface area (Å²) in [6.45, 7) is 1.81. The molecule has 0 radical (unpaired) electrons. The highest BCUT2D eigenvalue weighted by Gasteiger charge is 2.37. The highest BCUT2D eigenvalue weighted by molar-refractivity contribution is 6.39. The van der Waals surface area contributed by atoms with Crippen LogP contribution in [0.25, 0.3) is 17.0 Å². The molecule has 0 unspecified atom stereocenters. The zero-order chi connectivity index (χ0) is 19.1. The molecule has 1 fully saturated rings. The normalized spacial score (nSPS) is 16.3. The molecule has 1 aromatic heterocycles. The zero-order valence-electron chi connectivity index (χ0n) is 14.9. The monoisotopic (exact) mass is 359 g/mol. The van der Waals surface area contributed by atoms with E-state index in [-0.39, 0.29) is 5.57 Å². The van der Waals surface area contributed by atoms with Gasteiger partial charge >= 0.3 is 6.03 Å². The smallest absolute Gasteiger partial charge is 0.335 e. The molecular formula is C21H17N3O3. The fraction of sp³-hybridized carbons (Fsp3) is 0.0952. The predicted molar refractivity (Wildman–Crippen MR) is 103 cm³/mol. The molecule has 6 heteroatoms. The zero-order valence-corrected chi connectivity index (χ0v) is 14.9. The number of para-hydroxylation sites is 2. The lowest BCUT2D eigenvalue weighted by atomic mass is 10.1. The summed E-state index contributed by atoms with van der Waals surface area (Å²) in [5, 5.41) is 3.26. The van der Waals surface area contributed by atoms with Crippen LogP contribution >= 0.6 is 0 Å². The topological polar surface area (TPSA) is 71.4 Å². The highest BCUT2D eigenvalue weighted by atomic mass is 16.2. The van der Waals surface area contributed by atoms with Crippen LogP contribution in [0, 0.1) is 6.92 Å². The van der Waals surface area contributed by atoms with E-state index >= 15 is 0 Å². The molecule has 1 saturated heterocycles. The second-order valence-corrected chi connectivity index (χ2v) is 6.43. The van der Waals surface area contributed by atoms with Crippen LogP contribution in [0.5, 0.6) is 0 Å². The lowest BCUT2D eigenvalue weighted by Gasteiger charge is -2.27. The molecule has 2 heterocycles. The Labute approximate surface area is 155 Å². The minimum absolute atomic E-state index is 0.0799. The molecule has 0 spiro atoms. The van der Waals surface area contributed by atoms with E-state index in [9.17, 15) is 14.4 Å². The molecule has 0 saturated carbocycles. The van der Waals surface area contributed by atoms with Crippen molar-refractivity contribution in [3.63, 3.8) is 0 Å². The molecular weight excluding hydrogens is 342 g/mol. The van der Waals surface area contributed by atoms with E-state index in [4.69, 9.17) is 0 Å². The van der Waals surface area contributed by atoms with E-state index in [1.807, 2.05) is 48.0 Å². The number of aryl methyl sites for hydroxylation is 2. The lowest BCUT2D eigenvalue weighted by Crippen LogP contribution is -2.54. The number of amides is 4. The molecule has 6 nitrogen and oxygen atoms in total. The third-order valence-electron chi connectivity index (χ3n) is 4.74. The van der Waals surface area contributed by atoms with Gasteiger partial charge in [-0.15, -0.1) is 0 Å². The molecule has 0 bridgehead atoms. The Bertz CT molecular complexity index is 1140. The molecule has 4 rings (SSSR count). The molecule has 1 aliphatic heterocycles. The third kappa shape index (κ3) is 2.71. The Balaban J connectivity index is 1.82. The summed E-state index contributed by atoms with van der Waals surface area (Å²) in [7, 11) is 1.87. The van der Waals surface area contributed by atoms with Crippen LogP contribution in [0.2, 0.25) is 0 Å². The van der Waals surface area contributed by atoms with Gasteiger partial charge in [0, 0.05) is 23.6 Å². The lowest BCUT2D eigenvalue weighted by molar-refractivity contribution is -0.122. The van der Waals surface area contributed by atoms with E-state index in [1.165, 1.54) is 6.08 Å². The number of urea groups is 1. The maximum absolute atomic E-state index is 13.0. The maximum atomic E-state index is 13.0. The SMILES string of the molecule is Cc1ccccc1N1C(=O)NC(=O)C(=Cc2cc3ccccc3n2C)C1=O. The molecule has 0 aliphatic carbocycles. The van der Waals surface area contributed by atoms with Gasteiger partial charge in [-0.1, -0.05) is 36.4 Å². The molecule has 4 amide bonds. The van der Waals surface area contributed by atoms with Crippen LogP contribution in [-0.4, -0.2) is 22.4 Å². The van der Waals surface area contributed by atoms with Crippen molar-refractivity contribution in [2.24, 2.45) is 7.05 Å². The van der Waals surface area contributed by atoms with Crippen molar-refractivity contribution >= 4 is 40.5 Å². The fourth-order valence-electron chi connectivity index (χ4n) is 3.29. The van der Waals surface area contributed by atoms with Gasteiger partial charge in [0.1, 0.15) is 5.57 Å². The van der Waals surface area contributed by atoms with Crippen molar-refractivity contribution in [3.8, 4) is 0 Å². The van der Waals surface area contributed by atoms with E-state index in [0.29, 0.717) is 11.4 Å². The number of fused-ring (bicyclic) bond motifs is 1. The Morgan fingerprint density at radius 1 is 0.963 bits per heavy atom. The first-order valence-corrected chi connectivity index (χ1v) is 8.49. The van der Waals surface area contributed by atoms with Crippen molar-refractivity contribution in [2.75, 3.05) is 4.90 Å². The largest absolute Gasteiger partial charge is 0.344 e. The molecule has 27 heavy (non-hydrogen) atoms. The fourth-order valence-corrected chi connectivity index (χ4v) is 3.29.